The summed E-state index contributed by atoms with van der Waals surface area (Å²) in [5.41, 5.74) is 1.04. The maximum absolute atomic E-state index is 12.2. The summed E-state index contributed by atoms with van der Waals surface area (Å²) in [5, 5.41) is 2.83. The van der Waals surface area contributed by atoms with Crippen molar-refractivity contribution in [1.82, 2.24) is 4.98 Å². The number of rotatable bonds is 5. The lowest BCUT2D eigenvalue weighted by atomic mass is 10.3. The van der Waals surface area contributed by atoms with E-state index in [0.717, 1.165) is 48.4 Å². The summed E-state index contributed by atoms with van der Waals surface area (Å²) >= 11 is 1.45. The first-order valence-electron chi connectivity index (χ1n) is 8.89. The number of carbonyl (C=O) groups excluding carboxylic acids is 1. The number of nitrogens with zero attached hydrogens (tertiary/aromatic N) is 2. The Morgan fingerprint density at radius 2 is 1.89 bits per heavy atom. The fourth-order valence-corrected chi connectivity index (χ4v) is 3.63. The molecule has 1 N–H and O–H groups in total. The molecule has 0 radical (unpaired) electrons. The van der Waals surface area contributed by atoms with Gasteiger partial charge in [-0.15, -0.1) is 11.8 Å². The van der Waals surface area contributed by atoms with E-state index in [1.165, 1.54) is 11.8 Å². The summed E-state index contributed by atoms with van der Waals surface area (Å²) in [5.74, 6) is 2.24. The van der Waals surface area contributed by atoms with Gasteiger partial charge in [0, 0.05) is 18.0 Å². The summed E-state index contributed by atoms with van der Waals surface area (Å²) in [6.45, 7) is 4.30. The molecule has 0 saturated carbocycles. The Bertz CT molecular complexity index is 794. The minimum atomic E-state index is -0.0958. The van der Waals surface area contributed by atoms with E-state index >= 15 is 0 Å². The average molecular weight is 387 g/mol. The molecule has 8 heteroatoms. The molecule has 2 aromatic rings. The van der Waals surface area contributed by atoms with Gasteiger partial charge in [-0.3, -0.25) is 4.79 Å². The monoisotopic (exact) mass is 387 g/mol. The Labute approximate surface area is 162 Å². The van der Waals surface area contributed by atoms with Gasteiger partial charge in [-0.25, -0.2) is 4.98 Å². The smallest absolute Gasteiger partial charge is 0.235 e. The molecule has 1 amide bonds. The number of ether oxygens (including phenoxy) is 3. The van der Waals surface area contributed by atoms with Gasteiger partial charge in [0.05, 0.1) is 30.9 Å². The Balaban J connectivity index is 1.29. The molecule has 0 bridgehead atoms. The van der Waals surface area contributed by atoms with Crippen molar-refractivity contribution in [2.24, 2.45) is 0 Å². The zero-order valence-electron chi connectivity index (χ0n) is 14.8. The van der Waals surface area contributed by atoms with Crippen LogP contribution in [-0.4, -0.2) is 56.2 Å². The number of amides is 1. The number of pyridine rings is 1. The van der Waals surface area contributed by atoms with Crippen LogP contribution in [0.3, 0.4) is 0 Å². The molecule has 1 fully saturated rings. The number of aromatic nitrogens is 1. The van der Waals surface area contributed by atoms with Gasteiger partial charge in [0.15, 0.2) is 11.5 Å². The van der Waals surface area contributed by atoms with Crippen molar-refractivity contribution in [3.63, 3.8) is 0 Å². The van der Waals surface area contributed by atoms with Crippen molar-refractivity contribution in [2.45, 2.75) is 4.90 Å². The molecule has 0 aliphatic carbocycles. The minimum Gasteiger partial charge on any atom is -0.486 e. The second-order valence-electron chi connectivity index (χ2n) is 6.14. The second kappa shape index (κ2) is 8.49. The molecule has 2 aliphatic heterocycles. The molecule has 2 aliphatic rings. The van der Waals surface area contributed by atoms with E-state index < -0.39 is 0 Å². The normalized spacial score (nSPS) is 16.1. The van der Waals surface area contributed by atoms with E-state index in [9.17, 15) is 4.79 Å². The van der Waals surface area contributed by atoms with Crippen LogP contribution in [0, 0.1) is 0 Å². The summed E-state index contributed by atoms with van der Waals surface area (Å²) in [4.78, 5) is 19.7. The van der Waals surface area contributed by atoms with Crippen molar-refractivity contribution >= 4 is 29.2 Å². The number of hydrogen-bond acceptors (Lipinski definition) is 7. The van der Waals surface area contributed by atoms with Crippen molar-refractivity contribution in [2.75, 3.05) is 55.5 Å². The van der Waals surface area contributed by atoms with Crippen LogP contribution in [0.1, 0.15) is 0 Å². The zero-order chi connectivity index (χ0) is 18.5. The first-order valence-corrected chi connectivity index (χ1v) is 9.87. The third-order valence-corrected chi connectivity index (χ3v) is 5.27. The molecule has 7 nitrogen and oxygen atoms in total. The number of nitrogens with one attached hydrogen (secondary N) is 1. The molecule has 1 aromatic heterocycles. The highest BCUT2D eigenvalue weighted by Gasteiger charge is 2.14. The molecular formula is C19H21N3O4S. The molecule has 142 valence electrons. The maximum Gasteiger partial charge on any atom is 0.235 e. The highest BCUT2D eigenvalue weighted by atomic mass is 32.2. The quantitative estimate of drug-likeness (QED) is 0.790. The minimum absolute atomic E-state index is 0.0958. The van der Waals surface area contributed by atoms with E-state index in [0.29, 0.717) is 24.8 Å². The number of hydrogen-bond donors (Lipinski definition) is 1. The van der Waals surface area contributed by atoms with Gasteiger partial charge in [0.1, 0.15) is 19.0 Å². The molecule has 3 heterocycles. The average Bonchev–Trinajstić information content (AvgIpc) is 2.73. The predicted octanol–water partition coefficient (Wildman–Crippen LogP) is 2.42. The molecule has 27 heavy (non-hydrogen) atoms. The van der Waals surface area contributed by atoms with Crippen molar-refractivity contribution in [3.8, 4) is 11.5 Å². The van der Waals surface area contributed by atoms with E-state index in [-0.39, 0.29) is 5.91 Å². The molecule has 1 aromatic carbocycles. The van der Waals surface area contributed by atoms with Crippen molar-refractivity contribution < 1.29 is 19.0 Å². The maximum atomic E-state index is 12.2. The van der Waals surface area contributed by atoms with Gasteiger partial charge in [0.25, 0.3) is 0 Å². The lowest BCUT2D eigenvalue weighted by Crippen LogP contribution is -2.36. The van der Waals surface area contributed by atoms with Crippen LogP contribution < -0.4 is 19.7 Å². The largest absolute Gasteiger partial charge is 0.486 e. The SMILES string of the molecule is O=C(CSc1ccc2c(c1)OCCO2)Nc1ccc(N2CCOCC2)cn1. The van der Waals surface area contributed by atoms with Crippen LogP contribution in [0.15, 0.2) is 41.4 Å². The highest BCUT2D eigenvalue weighted by Crippen LogP contribution is 2.34. The second-order valence-corrected chi connectivity index (χ2v) is 7.19. The van der Waals surface area contributed by atoms with Crippen molar-refractivity contribution in [3.05, 3.63) is 36.5 Å². The van der Waals surface area contributed by atoms with Gasteiger partial charge in [-0.2, -0.15) is 0 Å². The van der Waals surface area contributed by atoms with Gasteiger partial charge in [-0.05, 0) is 30.3 Å². The Kier molecular flexibility index (Phi) is 5.64. The molecular weight excluding hydrogens is 366 g/mol. The molecule has 0 unspecified atom stereocenters. The third kappa shape index (κ3) is 4.64. The fourth-order valence-electron chi connectivity index (χ4n) is 2.91. The van der Waals surface area contributed by atoms with Gasteiger partial charge in [-0.1, -0.05) is 0 Å². The van der Waals surface area contributed by atoms with Crippen LogP contribution in [0.4, 0.5) is 11.5 Å². The highest BCUT2D eigenvalue weighted by molar-refractivity contribution is 8.00. The number of anilines is 2. The number of benzene rings is 1. The predicted molar refractivity (Wildman–Crippen MR) is 104 cm³/mol. The van der Waals surface area contributed by atoms with Crippen LogP contribution >= 0.6 is 11.8 Å². The molecule has 0 spiro atoms. The lowest BCUT2D eigenvalue weighted by molar-refractivity contribution is -0.113. The van der Waals surface area contributed by atoms with Gasteiger partial charge in [0.2, 0.25) is 5.91 Å². The van der Waals surface area contributed by atoms with Crippen LogP contribution in [0.2, 0.25) is 0 Å². The van der Waals surface area contributed by atoms with E-state index in [1.807, 2.05) is 30.3 Å². The van der Waals surface area contributed by atoms with E-state index in [2.05, 4.69) is 15.2 Å². The molecule has 4 rings (SSSR count). The Morgan fingerprint density at radius 3 is 2.67 bits per heavy atom. The number of carbonyl (C=O) groups is 1. The summed E-state index contributed by atoms with van der Waals surface area (Å²) in [7, 11) is 0. The van der Waals surface area contributed by atoms with Crippen LogP contribution in [0.25, 0.3) is 0 Å². The topological polar surface area (TPSA) is 72.9 Å². The number of thioether (sulfide) groups is 1. The molecule has 0 atom stereocenters. The lowest BCUT2D eigenvalue weighted by Gasteiger charge is -2.28. The van der Waals surface area contributed by atoms with Gasteiger partial charge >= 0.3 is 0 Å². The van der Waals surface area contributed by atoms with Crippen LogP contribution in [-0.2, 0) is 9.53 Å². The standard InChI is InChI=1S/C19H21N3O4S/c23-19(13-27-15-2-3-16-17(11-15)26-10-9-25-16)21-18-4-1-14(12-20-18)22-5-7-24-8-6-22/h1-4,11-12H,5-10,13H2,(H,20,21,23). The first-order chi connectivity index (χ1) is 13.3. The van der Waals surface area contributed by atoms with Crippen LogP contribution in [0.5, 0.6) is 11.5 Å². The summed E-state index contributed by atoms with van der Waals surface area (Å²) in [6, 6.07) is 9.52. The first kappa shape index (κ1) is 17.9. The zero-order valence-corrected chi connectivity index (χ0v) is 15.7. The van der Waals surface area contributed by atoms with Gasteiger partial charge < -0.3 is 24.4 Å². The number of morpholine rings is 1. The summed E-state index contributed by atoms with van der Waals surface area (Å²) < 4.78 is 16.4. The fraction of sp³-hybridized carbons (Fsp3) is 0.368. The molecule has 1 saturated heterocycles. The third-order valence-electron chi connectivity index (χ3n) is 4.28. The Hall–Kier alpha value is -2.45. The number of fused-ring (bicyclic) bond motifs is 1. The van der Waals surface area contributed by atoms with Crippen molar-refractivity contribution in [1.29, 1.82) is 0 Å². The summed E-state index contributed by atoms with van der Waals surface area (Å²) in [6.07, 6.45) is 1.79. The van der Waals surface area contributed by atoms with E-state index in [4.69, 9.17) is 14.2 Å². The Morgan fingerprint density at radius 1 is 1.07 bits per heavy atom. The van der Waals surface area contributed by atoms with E-state index in [1.54, 1.807) is 6.20 Å².